The number of ketones is 1. The number of methoxy groups -OCH3 is 2. The third-order valence-corrected chi connectivity index (χ3v) is 16.7. The van der Waals surface area contributed by atoms with E-state index >= 15 is 0 Å². The molecule has 0 aliphatic carbocycles. The first kappa shape index (κ1) is 57.3. The molecular formula is C51H72Cl2N4O14S. The lowest BCUT2D eigenvalue weighted by molar-refractivity contribution is -0.296. The topological polar surface area (TPSA) is 211 Å². The lowest BCUT2D eigenvalue weighted by Gasteiger charge is -2.48. The molecule has 0 saturated carbocycles. The zero-order chi connectivity index (χ0) is 52.8. The number of Topliss-reactive ketones (excluding diaryl/α,β-unsaturated/α-hetero) is 1. The first-order chi connectivity index (χ1) is 34.1. The number of esters is 2. The van der Waals surface area contributed by atoms with Gasteiger partial charge in [-0.2, -0.15) is 0 Å². The van der Waals surface area contributed by atoms with Crippen LogP contribution in [0.5, 0.6) is 11.5 Å². The maximum absolute atomic E-state index is 15.0. The van der Waals surface area contributed by atoms with Gasteiger partial charge in [0, 0.05) is 68.7 Å². The van der Waals surface area contributed by atoms with Gasteiger partial charge < -0.3 is 58.1 Å². The van der Waals surface area contributed by atoms with E-state index in [0.717, 1.165) is 0 Å². The van der Waals surface area contributed by atoms with Crippen molar-refractivity contribution in [2.75, 3.05) is 65.2 Å². The molecule has 18 nitrogen and oxygen atoms in total. The monoisotopic (exact) mass is 1070 g/mol. The molecule has 21 heteroatoms. The molecule has 3 amide bonds. The van der Waals surface area contributed by atoms with Gasteiger partial charge in [-0.25, -0.2) is 4.79 Å². The van der Waals surface area contributed by atoms with Crippen LogP contribution in [0.2, 0.25) is 10.0 Å². The Bertz CT molecular complexity index is 2240. The average Bonchev–Trinajstić information content (AvgIpc) is 3.62. The van der Waals surface area contributed by atoms with E-state index in [1.54, 1.807) is 56.9 Å². The minimum absolute atomic E-state index is 0.0644. The Kier molecular flexibility index (Phi) is 19.6. The van der Waals surface area contributed by atoms with Crippen LogP contribution in [-0.4, -0.2) is 163 Å². The van der Waals surface area contributed by atoms with Crippen molar-refractivity contribution >= 4 is 70.3 Å². The Labute approximate surface area is 437 Å². The second kappa shape index (κ2) is 24.6. The van der Waals surface area contributed by atoms with Crippen molar-refractivity contribution in [3.63, 3.8) is 0 Å². The number of benzene rings is 1. The van der Waals surface area contributed by atoms with Gasteiger partial charge in [-0.1, -0.05) is 57.8 Å². The molecule has 2 aromatic rings. The number of ether oxygens (including phenoxy) is 8. The molecule has 0 spiro atoms. The van der Waals surface area contributed by atoms with Gasteiger partial charge >= 0.3 is 18.0 Å². The molecule has 2 unspecified atom stereocenters. The number of hydrogen-bond donors (Lipinski definition) is 2. The molecular weight excluding hydrogens is 996 g/mol. The lowest BCUT2D eigenvalue weighted by Crippen LogP contribution is -2.61. The maximum atomic E-state index is 15.0. The second-order valence-corrected chi connectivity index (χ2v) is 22.1. The fraction of sp³-hybridized carbons (Fsp3) is 0.686. The van der Waals surface area contributed by atoms with Gasteiger partial charge in [-0.3, -0.25) is 24.2 Å². The van der Waals surface area contributed by atoms with E-state index in [9.17, 15) is 29.1 Å². The molecule has 5 heterocycles. The number of likely N-dealkylation sites (N-methyl/N-ethyl adjacent to an activating group) is 1. The van der Waals surface area contributed by atoms with Gasteiger partial charge in [0.1, 0.15) is 23.2 Å². The summed E-state index contributed by atoms with van der Waals surface area (Å²) in [6.07, 6.45) is -0.773. The molecule has 14 atom stereocenters. The minimum Gasteiger partial charge on any atom is -0.493 e. The normalized spacial score (nSPS) is 33.8. The summed E-state index contributed by atoms with van der Waals surface area (Å²) in [7, 11) is 4.68. The number of pyridine rings is 1. The summed E-state index contributed by atoms with van der Waals surface area (Å²) >= 11 is 13.7. The van der Waals surface area contributed by atoms with Crippen LogP contribution in [-0.2, 0) is 42.8 Å². The predicted octanol–water partition coefficient (Wildman–Crippen LogP) is 7.33. The van der Waals surface area contributed by atoms with E-state index in [-0.39, 0.29) is 64.1 Å². The fourth-order valence-electron chi connectivity index (χ4n) is 10.9. The van der Waals surface area contributed by atoms with Crippen molar-refractivity contribution in [1.29, 1.82) is 0 Å². The second-order valence-electron chi connectivity index (χ2n) is 20.0. The number of carbonyl (C=O) groups is 5. The zero-order valence-electron chi connectivity index (χ0n) is 43.1. The Balaban J connectivity index is 1.23. The first-order valence-corrected chi connectivity index (χ1v) is 26.5. The number of aliphatic hydroxyl groups is 1. The SMILES string of the molecule is CC[C@H]1OC(=O)[C@H](C)C[C@H](C)C(OC2O[C@H](C)C[C@H](N(C)C(=O)N3CCOCC3)[C@H]2O)[C@](C)(OC)C[C@@H](C)C(=O)[C@H](C)[C@H]2[C@H](SCCOc3cc(C(=O)Nc4c(Cl)cncc4Cl)ccc3OC)C(=O)O[C@@]21C. The molecule has 72 heavy (non-hydrogen) atoms. The lowest BCUT2D eigenvalue weighted by atomic mass is 9.70. The first-order valence-electron chi connectivity index (χ1n) is 24.7. The van der Waals surface area contributed by atoms with Crippen LogP contribution in [0.15, 0.2) is 30.6 Å². The molecule has 2 N–H and O–H groups in total. The van der Waals surface area contributed by atoms with Crippen molar-refractivity contribution in [3.8, 4) is 11.5 Å². The highest BCUT2D eigenvalue weighted by molar-refractivity contribution is 8.00. The quantitative estimate of drug-likeness (QED) is 0.149. The van der Waals surface area contributed by atoms with Crippen LogP contribution in [0.25, 0.3) is 0 Å². The van der Waals surface area contributed by atoms with Crippen molar-refractivity contribution in [1.82, 2.24) is 14.8 Å². The third-order valence-electron chi connectivity index (χ3n) is 14.8. The summed E-state index contributed by atoms with van der Waals surface area (Å²) < 4.78 is 49.2. The molecule has 1 aromatic carbocycles. The van der Waals surface area contributed by atoms with Gasteiger partial charge in [0.15, 0.2) is 23.4 Å². The molecule has 6 rings (SSSR count). The summed E-state index contributed by atoms with van der Waals surface area (Å²) in [6, 6.07) is 3.79. The Morgan fingerprint density at radius 3 is 2.31 bits per heavy atom. The average molecular weight is 1070 g/mol. The Morgan fingerprint density at radius 1 is 0.986 bits per heavy atom. The van der Waals surface area contributed by atoms with E-state index in [1.165, 1.54) is 37.3 Å². The summed E-state index contributed by atoms with van der Waals surface area (Å²) in [5, 5.41) is 14.1. The van der Waals surface area contributed by atoms with Gasteiger partial charge in [0.2, 0.25) is 0 Å². The number of carbonyl (C=O) groups excluding carboxylic acids is 5. The van der Waals surface area contributed by atoms with Crippen molar-refractivity contribution in [3.05, 3.63) is 46.2 Å². The van der Waals surface area contributed by atoms with Crippen molar-refractivity contribution in [2.24, 2.45) is 29.6 Å². The van der Waals surface area contributed by atoms with Crippen LogP contribution in [0.1, 0.15) is 91.4 Å². The largest absolute Gasteiger partial charge is 0.493 e. The van der Waals surface area contributed by atoms with Gasteiger partial charge in [0.05, 0.1) is 72.4 Å². The molecule has 4 fully saturated rings. The molecule has 4 aliphatic heterocycles. The summed E-state index contributed by atoms with van der Waals surface area (Å²) in [6.45, 7) is 16.4. The zero-order valence-corrected chi connectivity index (χ0v) is 45.5. The minimum atomic E-state index is -1.38. The number of hydrogen-bond acceptors (Lipinski definition) is 16. The Hall–Kier alpha value is -3.95. The number of aliphatic hydroxyl groups excluding tert-OH is 1. The fourth-order valence-corrected chi connectivity index (χ4v) is 12.7. The highest BCUT2D eigenvalue weighted by Crippen LogP contribution is 2.49. The third kappa shape index (κ3) is 12.6. The summed E-state index contributed by atoms with van der Waals surface area (Å²) in [5.41, 5.74) is -2.13. The van der Waals surface area contributed by atoms with Crippen LogP contribution in [0, 0.1) is 29.6 Å². The van der Waals surface area contributed by atoms with Gasteiger partial charge in [0.25, 0.3) is 5.91 Å². The van der Waals surface area contributed by atoms with E-state index in [2.05, 4.69) is 10.3 Å². The highest BCUT2D eigenvalue weighted by atomic mass is 35.5. The van der Waals surface area contributed by atoms with Gasteiger partial charge in [-0.05, 0) is 70.6 Å². The number of anilines is 1. The number of rotatable bonds is 13. The van der Waals surface area contributed by atoms with E-state index < -0.39 is 101 Å². The molecule has 4 saturated heterocycles. The van der Waals surface area contributed by atoms with E-state index in [4.69, 9.17) is 61.1 Å². The number of nitrogens with zero attached hydrogens (tertiary/aromatic N) is 3. The molecule has 400 valence electrons. The van der Waals surface area contributed by atoms with Gasteiger partial charge in [-0.15, -0.1) is 11.8 Å². The van der Waals surface area contributed by atoms with E-state index in [0.29, 0.717) is 44.9 Å². The number of thioether (sulfide) groups is 1. The molecule has 4 aliphatic rings. The van der Waals surface area contributed by atoms with Crippen LogP contribution in [0.4, 0.5) is 10.5 Å². The number of amides is 3. The standard InChI is InChI=1S/C51H72Cl2N4O14S/c1-12-38-51(8)39(43(47(62)71-51)72-20-19-67-37-23-32(13-14-36(37)64-10)45(60)55-40-33(52)25-54-26-34(40)53)31(6)41(58)29(4)24-50(7,65-11)44(27(2)21-28(3)46(61)69-38)70-48-42(59)35(22-30(5)68-48)56(9)49(63)57-15-17-66-18-16-57/h13-14,23,25-31,35,38-39,42-44,48,59H,12,15-22,24H2,1-11H3,(H,54,55,60)/t27-,28+,29+,30+,31+,35-,38+,39-,42+,43-,44?,48?,50+,51+/m0/s1. The van der Waals surface area contributed by atoms with Crippen LogP contribution >= 0.6 is 35.0 Å². The maximum Gasteiger partial charge on any atom is 0.320 e. The molecule has 0 radical (unpaired) electrons. The molecule has 1 aromatic heterocycles. The number of cyclic esters (lactones) is 1. The molecule has 0 bridgehead atoms. The number of nitrogens with one attached hydrogen (secondary N) is 1. The van der Waals surface area contributed by atoms with Crippen LogP contribution in [0.3, 0.4) is 0 Å². The smallest absolute Gasteiger partial charge is 0.320 e. The Morgan fingerprint density at radius 2 is 1.67 bits per heavy atom. The predicted molar refractivity (Wildman–Crippen MR) is 271 cm³/mol. The number of halogens is 2. The summed E-state index contributed by atoms with van der Waals surface area (Å²) in [4.78, 5) is 77.5. The van der Waals surface area contributed by atoms with Crippen molar-refractivity contribution < 1.29 is 67.0 Å². The highest BCUT2D eigenvalue weighted by Gasteiger charge is 2.61. The number of aromatic nitrogens is 1. The van der Waals surface area contributed by atoms with Crippen LogP contribution < -0.4 is 14.8 Å². The van der Waals surface area contributed by atoms with Crippen molar-refractivity contribution in [2.45, 2.75) is 134 Å². The van der Waals surface area contributed by atoms with E-state index in [1.807, 2.05) is 34.6 Å². The number of morpholine rings is 1. The number of fused-ring (bicyclic) bond motifs is 1. The number of urea groups is 1. The summed E-state index contributed by atoms with van der Waals surface area (Å²) in [5.74, 6) is -4.13.